The van der Waals surface area contributed by atoms with Crippen molar-refractivity contribution >= 4 is 22.5 Å². The summed E-state index contributed by atoms with van der Waals surface area (Å²) in [6.07, 6.45) is 3.14. The number of hydrogen-bond donors (Lipinski definition) is 2. The second-order valence-corrected chi connectivity index (χ2v) is 8.39. The molecule has 1 unspecified atom stereocenters. The van der Waals surface area contributed by atoms with Crippen LogP contribution < -0.4 is 16.0 Å². The topological polar surface area (TPSA) is 95.0 Å². The Morgan fingerprint density at radius 2 is 2.03 bits per heavy atom. The number of nitriles is 1. The van der Waals surface area contributed by atoms with E-state index in [0.717, 1.165) is 29.6 Å². The van der Waals surface area contributed by atoms with Crippen LogP contribution in [0.2, 0.25) is 0 Å². The van der Waals surface area contributed by atoms with E-state index < -0.39 is 6.04 Å². The van der Waals surface area contributed by atoms with E-state index in [-0.39, 0.29) is 11.9 Å². The van der Waals surface area contributed by atoms with Crippen LogP contribution in [-0.2, 0) is 11.2 Å². The molecule has 31 heavy (non-hydrogen) atoms. The lowest BCUT2D eigenvalue weighted by Gasteiger charge is -2.39. The van der Waals surface area contributed by atoms with Crippen molar-refractivity contribution in [3.63, 3.8) is 0 Å². The van der Waals surface area contributed by atoms with Gasteiger partial charge in [-0.05, 0) is 48.6 Å². The van der Waals surface area contributed by atoms with Crippen molar-refractivity contribution < 1.29 is 4.79 Å². The molecular weight excluding hydrogens is 386 g/mol. The van der Waals surface area contributed by atoms with Crippen LogP contribution in [0.3, 0.4) is 0 Å². The number of nitrogens with zero attached hydrogens (tertiary/aromatic N) is 3. The van der Waals surface area contributed by atoms with E-state index in [9.17, 15) is 10.1 Å². The minimum atomic E-state index is -0.576. The van der Waals surface area contributed by atoms with E-state index in [2.05, 4.69) is 28.2 Å². The summed E-state index contributed by atoms with van der Waals surface area (Å²) in [5, 5.41) is 13.5. The molecule has 158 valence electrons. The monoisotopic (exact) mass is 413 g/mol. The third-order valence-corrected chi connectivity index (χ3v) is 5.85. The van der Waals surface area contributed by atoms with Crippen LogP contribution >= 0.6 is 0 Å². The van der Waals surface area contributed by atoms with E-state index >= 15 is 0 Å². The molecule has 3 N–H and O–H groups in total. The van der Waals surface area contributed by atoms with Crippen LogP contribution in [0.1, 0.15) is 24.5 Å². The number of benzene rings is 2. The number of carbonyl (C=O) groups excluding carboxylic acids is 1. The predicted molar refractivity (Wildman–Crippen MR) is 123 cm³/mol. The van der Waals surface area contributed by atoms with Crippen LogP contribution in [0.4, 0.5) is 5.69 Å². The van der Waals surface area contributed by atoms with E-state index in [0.29, 0.717) is 30.0 Å². The maximum atomic E-state index is 12.8. The molecule has 3 aromatic rings. The zero-order chi connectivity index (χ0) is 21.8. The van der Waals surface area contributed by atoms with Gasteiger partial charge in [0.1, 0.15) is 6.07 Å². The van der Waals surface area contributed by atoms with Gasteiger partial charge in [-0.2, -0.15) is 5.26 Å². The molecule has 1 amide bonds. The predicted octanol–water partition coefficient (Wildman–Crippen LogP) is 3.01. The highest BCUT2D eigenvalue weighted by molar-refractivity contribution is 5.95. The molecule has 6 heteroatoms. The first-order valence-corrected chi connectivity index (χ1v) is 10.7. The van der Waals surface area contributed by atoms with Gasteiger partial charge in [0.15, 0.2) is 0 Å². The third-order valence-electron chi connectivity index (χ3n) is 5.85. The Kier molecular flexibility index (Phi) is 6.15. The molecule has 1 aromatic heterocycles. The van der Waals surface area contributed by atoms with E-state index in [4.69, 9.17) is 5.73 Å². The first kappa shape index (κ1) is 20.8. The molecule has 1 aliphatic rings. The largest absolute Gasteiger partial charge is 0.369 e. The number of piperidine rings is 1. The van der Waals surface area contributed by atoms with Crippen LogP contribution in [0, 0.1) is 17.2 Å². The number of hydrogen-bond acceptors (Lipinski definition) is 5. The van der Waals surface area contributed by atoms with Gasteiger partial charge in [0.25, 0.3) is 0 Å². The first-order valence-electron chi connectivity index (χ1n) is 10.7. The van der Waals surface area contributed by atoms with Gasteiger partial charge in [0.2, 0.25) is 5.91 Å². The Hall–Kier alpha value is -3.43. The summed E-state index contributed by atoms with van der Waals surface area (Å²) in [7, 11) is 0. The molecule has 0 spiro atoms. The Morgan fingerprint density at radius 3 is 2.81 bits per heavy atom. The van der Waals surface area contributed by atoms with Gasteiger partial charge in [-0.25, -0.2) is 0 Å². The van der Waals surface area contributed by atoms with E-state index in [1.165, 1.54) is 0 Å². The number of amides is 1. The Morgan fingerprint density at radius 1 is 1.23 bits per heavy atom. The Bertz CT molecular complexity index is 1110. The molecule has 2 heterocycles. The highest BCUT2D eigenvalue weighted by Gasteiger charge is 2.28. The number of carbonyl (C=O) groups is 1. The third kappa shape index (κ3) is 4.68. The van der Waals surface area contributed by atoms with Crippen molar-refractivity contribution in [3.8, 4) is 6.07 Å². The summed E-state index contributed by atoms with van der Waals surface area (Å²) in [5.41, 5.74) is 9.57. The van der Waals surface area contributed by atoms with Crippen molar-refractivity contribution in [1.29, 1.82) is 5.26 Å². The second-order valence-electron chi connectivity index (χ2n) is 8.39. The van der Waals surface area contributed by atoms with Crippen LogP contribution in [0.15, 0.2) is 60.8 Å². The molecule has 1 fully saturated rings. The van der Waals surface area contributed by atoms with Crippen LogP contribution in [0.25, 0.3) is 10.9 Å². The highest BCUT2D eigenvalue weighted by Crippen LogP contribution is 2.31. The molecule has 1 saturated heterocycles. The van der Waals surface area contributed by atoms with Crippen molar-refractivity contribution in [2.75, 3.05) is 18.0 Å². The van der Waals surface area contributed by atoms with Gasteiger partial charge in [-0.15, -0.1) is 0 Å². The first-order chi connectivity index (χ1) is 15.0. The fourth-order valence-corrected chi connectivity index (χ4v) is 4.45. The quantitative estimate of drug-likeness (QED) is 0.670. The minimum Gasteiger partial charge on any atom is -0.369 e. The lowest BCUT2D eigenvalue weighted by molar-refractivity contribution is -0.123. The number of anilines is 1. The van der Waals surface area contributed by atoms with Gasteiger partial charge in [0, 0.05) is 36.4 Å². The summed E-state index contributed by atoms with van der Waals surface area (Å²) in [6, 6.07) is 19.2. The number of nitrogens with two attached hydrogens (primary N) is 1. The molecule has 0 aliphatic carbocycles. The molecule has 0 saturated carbocycles. The summed E-state index contributed by atoms with van der Waals surface area (Å²) >= 11 is 0. The lowest BCUT2D eigenvalue weighted by Crippen LogP contribution is -2.54. The normalized spacial score (nSPS) is 19.6. The van der Waals surface area contributed by atoms with Crippen molar-refractivity contribution in [3.05, 3.63) is 71.9 Å². The average molecular weight is 414 g/mol. The molecule has 1 aliphatic heterocycles. The smallest absolute Gasteiger partial charge is 0.237 e. The van der Waals surface area contributed by atoms with Gasteiger partial charge in [-0.1, -0.05) is 37.3 Å². The van der Waals surface area contributed by atoms with Gasteiger partial charge >= 0.3 is 0 Å². The standard InChI is InChI=1S/C25H27N5O/c1-17-12-20(29-25(31)22(27)13-18-6-3-2-4-7-18)16-30(15-17)23-10-9-19(14-26)24-21(23)8-5-11-28-24/h2-11,17,20,22H,12-13,15-16,27H2,1H3,(H,29,31)/t17-,20+,22?/m0/s1. The number of nitrogens with one attached hydrogen (secondary N) is 1. The van der Waals surface area contributed by atoms with Crippen molar-refractivity contribution in [2.24, 2.45) is 11.7 Å². The van der Waals surface area contributed by atoms with Gasteiger partial charge in [-0.3, -0.25) is 9.78 Å². The van der Waals surface area contributed by atoms with E-state index in [1.807, 2.05) is 54.6 Å². The summed E-state index contributed by atoms with van der Waals surface area (Å²) in [6.45, 7) is 3.78. The second kappa shape index (κ2) is 9.15. The summed E-state index contributed by atoms with van der Waals surface area (Å²) in [4.78, 5) is 19.5. The molecule has 0 bridgehead atoms. The molecule has 2 aromatic carbocycles. The van der Waals surface area contributed by atoms with Gasteiger partial charge < -0.3 is 16.0 Å². The van der Waals surface area contributed by atoms with Crippen molar-refractivity contribution in [1.82, 2.24) is 10.3 Å². The SMILES string of the molecule is C[C@H]1C[C@@H](NC(=O)C(N)Cc2ccccc2)CN(c2ccc(C#N)c3ncccc23)C1. The molecule has 4 rings (SSSR count). The fourth-order valence-electron chi connectivity index (χ4n) is 4.45. The Labute approximate surface area is 182 Å². The Balaban J connectivity index is 1.49. The van der Waals surface area contributed by atoms with Crippen LogP contribution in [-0.4, -0.2) is 36.1 Å². The fraction of sp³-hybridized carbons (Fsp3) is 0.320. The maximum absolute atomic E-state index is 12.8. The maximum Gasteiger partial charge on any atom is 0.237 e. The minimum absolute atomic E-state index is 0.0143. The number of aromatic nitrogens is 1. The molecule has 0 radical (unpaired) electrons. The summed E-state index contributed by atoms with van der Waals surface area (Å²) < 4.78 is 0. The molecule has 3 atom stereocenters. The zero-order valence-corrected chi connectivity index (χ0v) is 17.7. The number of pyridine rings is 1. The highest BCUT2D eigenvalue weighted by atomic mass is 16.2. The van der Waals surface area contributed by atoms with Crippen LogP contribution in [0.5, 0.6) is 0 Å². The van der Waals surface area contributed by atoms with E-state index in [1.54, 1.807) is 6.20 Å². The average Bonchev–Trinajstić information content (AvgIpc) is 2.78. The number of fused-ring (bicyclic) bond motifs is 1. The molecule has 6 nitrogen and oxygen atoms in total. The van der Waals surface area contributed by atoms with Gasteiger partial charge in [0.05, 0.1) is 17.1 Å². The summed E-state index contributed by atoms with van der Waals surface area (Å²) in [5.74, 6) is 0.293. The number of rotatable bonds is 5. The zero-order valence-electron chi connectivity index (χ0n) is 17.7. The van der Waals surface area contributed by atoms with Crippen molar-refractivity contribution in [2.45, 2.75) is 31.8 Å². The lowest BCUT2D eigenvalue weighted by atomic mass is 9.94. The molecular formula is C25H27N5O.